The van der Waals surface area contributed by atoms with Crippen LogP contribution in [0.25, 0.3) is 0 Å². The van der Waals surface area contributed by atoms with Gasteiger partial charge in [0, 0.05) is 6.54 Å². The molecule has 1 N–H and O–H groups in total. The van der Waals surface area contributed by atoms with Gasteiger partial charge in [-0.25, -0.2) is 0 Å². The quantitative estimate of drug-likeness (QED) is 0.828. The van der Waals surface area contributed by atoms with E-state index in [4.69, 9.17) is 0 Å². The minimum atomic E-state index is -0.508. The summed E-state index contributed by atoms with van der Waals surface area (Å²) in [5.41, 5.74) is -0.508. The molecular weight excluding hydrogens is 228 g/mol. The molecule has 102 valence electrons. The van der Waals surface area contributed by atoms with E-state index < -0.39 is 5.54 Å². The van der Waals surface area contributed by atoms with Crippen molar-refractivity contribution in [1.82, 2.24) is 10.2 Å². The highest BCUT2D eigenvalue weighted by Crippen LogP contribution is 2.37. The molecule has 1 saturated heterocycles. The van der Waals surface area contributed by atoms with Crippen molar-refractivity contribution in [2.75, 3.05) is 13.1 Å². The molecule has 0 aromatic rings. The third-order valence-corrected chi connectivity index (χ3v) is 4.23. The van der Waals surface area contributed by atoms with Gasteiger partial charge in [-0.15, -0.1) is 0 Å². The Hall–Kier alpha value is -1.06. The standard InChI is InChI=1S/C14H24N2O2/c1-11(2)6-5-9-16-12(17)10-15-13(18)14(16)7-3-4-8-14/h11H,3-10H2,1-2H3,(H,15,18). The van der Waals surface area contributed by atoms with Crippen molar-refractivity contribution in [1.29, 1.82) is 0 Å². The lowest BCUT2D eigenvalue weighted by Gasteiger charge is -2.43. The second-order valence-electron chi connectivity index (χ2n) is 6.00. The largest absolute Gasteiger partial charge is 0.345 e. The summed E-state index contributed by atoms with van der Waals surface area (Å²) < 4.78 is 0. The van der Waals surface area contributed by atoms with E-state index >= 15 is 0 Å². The molecule has 0 aromatic carbocycles. The van der Waals surface area contributed by atoms with Crippen LogP contribution < -0.4 is 5.32 Å². The maximum atomic E-state index is 12.2. The Balaban J connectivity index is 2.07. The molecule has 4 nitrogen and oxygen atoms in total. The van der Waals surface area contributed by atoms with Crippen LogP contribution in [0, 0.1) is 5.92 Å². The molecule has 0 unspecified atom stereocenters. The van der Waals surface area contributed by atoms with E-state index in [0.717, 1.165) is 45.1 Å². The third-order valence-electron chi connectivity index (χ3n) is 4.23. The van der Waals surface area contributed by atoms with Crippen LogP contribution in [0.3, 0.4) is 0 Å². The fourth-order valence-electron chi connectivity index (χ4n) is 3.23. The molecule has 2 rings (SSSR count). The van der Waals surface area contributed by atoms with Gasteiger partial charge >= 0.3 is 0 Å². The first-order valence-corrected chi connectivity index (χ1v) is 7.15. The molecule has 2 amide bonds. The summed E-state index contributed by atoms with van der Waals surface area (Å²) in [5, 5.41) is 2.76. The predicted octanol–water partition coefficient (Wildman–Crippen LogP) is 1.69. The molecule has 0 radical (unpaired) electrons. The van der Waals surface area contributed by atoms with Gasteiger partial charge in [-0.3, -0.25) is 9.59 Å². The predicted molar refractivity (Wildman–Crippen MR) is 70.0 cm³/mol. The van der Waals surface area contributed by atoms with Crippen LogP contribution in [-0.2, 0) is 9.59 Å². The number of carbonyl (C=O) groups excluding carboxylic acids is 2. The van der Waals surface area contributed by atoms with Gasteiger partial charge in [-0.05, 0) is 31.6 Å². The molecule has 1 spiro atoms. The minimum Gasteiger partial charge on any atom is -0.345 e. The van der Waals surface area contributed by atoms with Crippen molar-refractivity contribution in [2.45, 2.75) is 57.9 Å². The normalized spacial score (nSPS) is 22.9. The number of amides is 2. The van der Waals surface area contributed by atoms with E-state index in [1.165, 1.54) is 0 Å². The SMILES string of the molecule is CC(C)CCCN1C(=O)CNC(=O)C12CCCC2. The molecule has 0 bridgehead atoms. The summed E-state index contributed by atoms with van der Waals surface area (Å²) in [5.74, 6) is 0.822. The molecule has 0 atom stereocenters. The van der Waals surface area contributed by atoms with Gasteiger partial charge in [0.1, 0.15) is 5.54 Å². The lowest BCUT2D eigenvalue weighted by atomic mass is 9.91. The van der Waals surface area contributed by atoms with Crippen LogP contribution in [-0.4, -0.2) is 35.3 Å². The number of nitrogens with one attached hydrogen (secondary N) is 1. The zero-order valence-corrected chi connectivity index (χ0v) is 11.5. The first-order chi connectivity index (χ1) is 8.56. The summed E-state index contributed by atoms with van der Waals surface area (Å²) in [6, 6.07) is 0. The lowest BCUT2D eigenvalue weighted by molar-refractivity contribution is -0.153. The molecule has 2 fully saturated rings. The molecule has 1 heterocycles. The Kier molecular flexibility index (Phi) is 3.93. The van der Waals surface area contributed by atoms with Crippen molar-refractivity contribution in [3.05, 3.63) is 0 Å². The molecule has 1 aliphatic carbocycles. The van der Waals surface area contributed by atoms with Crippen molar-refractivity contribution in [3.63, 3.8) is 0 Å². The molecule has 0 aromatic heterocycles. The second-order valence-corrected chi connectivity index (χ2v) is 6.00. The van der Waals surface area contributed by atoms with Crippen LogP contribution in [0.15, 0.2) is 0 Å². The highest BCUT2D eigenvalue weighted by atomic mass is 16.2. The zero-order valence-electron chi connectivity index (χ0n) is 11.5. The third kappa shape index (κ3) is 2.38. The van der Waals surface area contributed by atoms with Crippen LogP contribution >= 0.6 is 0 Å². The average molecular weight is 252 g/mol. The van der Waals surface area contributed by atoms with Crippen molar-refractivity contribution in [3.8, 4) is 0 Å². The number of hydrogen-bond donors (Lipinski definition) is 1. The topological polar surface area (TPSA) is 49.4 Å². The van der Waals surface area contributed by atoms with E-state index in [1.807, 2.05) is 4.90 Å². The van der Waals surface area contributed by atoms with Crippen LogP contribution in [0.5, 0.6) is 0 Å². The molecule has 4 heteroatoms. The molecule has 1 saturated carbocycles. The van der Waals surface area contributed by atoms with Gasteiger partial charge in [0.15, 0.2) is 0 Å². The number of hydrogen-bond acceptors (Lipinski definition) is 2. The average Bonchev–Trinajstić information content (AvgIpc) is 2.79. The molecular formula is C14H24N2O2. The molecule has 18 heavy (non-hydrogen) atoms. The maximum Gasteiger partial charge on any atom is 0.246 e. The number of rotatable bonds is 4. The Morgan fingerprint density at radius 2 is 1.94 bits per heavy atom. The first kappa shape index (κ1) is 13.4. The Morgan fingerprint density at radius 1 is 1.28 bits per heavy atom. The lowest BCUT2D eigenvalue weighted by Crippen LogP contribution is -2.66. The van der Waals surface area contributed by atoms with Crippen molar-refractivity contribution < 1.29 is 9.59 Å². The Bertz CT molecular complexity index is 333. The smallest absolute Gasteiger partial charge is 0.246 e. The highest BCUT2D eigenvalue weighted by molar-refractivity contribution is 5.98. The monoisotopic (exact) mass is 252 g/mol. The van der Waals surface area contributed by atoms with E-state index in [0.29, 0.717) is 5.92 Å². The Labute approximate surface area is 109 Å². The fraction of sp³-hybridized carbons (Fsp3) is 0.857. The van der Waals surface area contributed by atoms with Gasteiger partial charge in [-0.1, -0.05) is 26.7 Å². The van der Waals surface area contributed by atoms with Crippen LogP contribution in [0.4, 0.5) is 0 Å². The van der Waals surface area contributed by atoms with Gasteiger partial charge in [-0.2, -0.15) is 0 Å². The number of nitrogens with zero attached hydrogens (tertiary/aromatic N) is 1. The minimum absolute atomic E-state index is 0.0733. The van der Waals surface area contributed by atoms with Gasteiger partial charge in [0.25, 0.3) is 0 Å². The highest BCUT2D eigenvalue weighted by Gasteiger charge is 2.50. The van der Waals surface area contributed by atoms with Crippen molar-refractivity contribution in [2.24, 2.45) is 5.92 Å². The first-order valence-electron chi connectivity index (χ1n) is 7.15. The maximum absolute atomic E-state index is 12.2. The van der Waals surface area contributed by atoms with E-state index in [9.17, 15) is 9.59 Å². The summed E-state index contributed by atoms with van der Waals surface area (Å²) in [7, 11) is 0. The zero-order chi connectivity index (χ0) is 13.2. The van der Waals surface area contributed by atoms with Crippen LogP contribution in [0.2, 0.25) is 0 Å². The van der Waals surface area contributed by atoms with Gasteiger partial charge in [0.05, 0.1) is 6.54 Å². The van der Waals surface area contributed by atoms with E-state index in [-0.39, 0.29) is 18.4 Å². The number of carbonyl (C=O) groups is 2. The molecule has 2 aliphatic rings. The van der Waals surface area contributed by atoms with E-state index in [1.54, 1.807) is 0 Å². The molecule has 1 aliphatic heterocycles. The van der Waals surface area contributed by atoms with E-state index in [2.05, 4.69) is 19.2 Å². The van der Waals surface area contributed by atoms with Gasteiger partial charge < -0.3 is 10.2 Å². The summed E-state index contributed by atoms with van der Waals surface area (Å²) >= 11 is 0. The summed E-state index contributed by atoms with van der Waals surface area (Å²) in [4.78, 5) is 26.1. The van der Waals surface area contributed by atoms with Gasteiger partial charge in [0.2, 0.25) is 11.8 Å². The summed E-state index contributed by atoms with van der Waals surface area (Å²) in [6.07, 6.45) is 5.90. The van der Waals surface area contributed by atoms with Crippen molar-refractivity contribution >= 4 is 11.8 Å². The number of piperazine rings is 1. The second kappa shape index (κ2) is 5.29. The Morgan fingerprint density at radius 3 is 2.56 bits per heavy atom. The fourth-order valence-corrected chi connectivity index (χ4v) is 3.23. The summed E-state index contributed by atoms with van der Waals surface area (Å²) in [6.45, 7) is 5.30. The van der Waals surface area contributed by atoms with Crippen LogP contribution in [0.1, 0.15) is 52.4 Å².